The Hall–Kier alpha value is -1.84. The molecule has 2 N–H and O–H groups in total. The van der Waals surface area contributed by atoms with Crippen molar-refractivity contribution < 1.29 is 4.79 Å². The molecule has 0 spiro atoms. The average Bonchev–Trinajstić information content (AvgIpc) is 2.92. The number of hydrogen-bond acceptors (Lipinski definition) is 2. The minimum absolute atomic E-state index is 0.000683. The highest BCUT2D eigenvalue weighted by Crippen LogP contribution is 2.61. The van der Waals surface area contributed by atoms with Crippen LogP contribution in [-0.2, 0) is 0 Å². The molecule has 0 unspecified atom stereocenters. The summed E-state index contributed by atoms with van der Waals surface area (Å²) in [5.41, 5.74) is 4.01. The summed E-state index contributed by atoms with van der Waals surface area (Å²) in [4.78, 5) is 20.4. The number of aryl methyl sites for hydroxylation is 2. The second-order valence-corrected chi connectivity index (χ2v) is 8.55. The highest BCUT2D eigenvalue weighted by atomic mass is 16.1. The van der Waals surface area contributed by atoms with Crippen molar-refractivity contribution in [1.29, 1.82) is 0 Å². The summed E-state index contributed by atoms with van der Waals surface area (Å²) in [6, 6.07) is 4.30. The number of carbonyl (C=O) groups is 1. The van der Waals surface area contributed by atoms with E-state index in [1.165, 1.54) is 6.42 Å². The molecule has 0 aliphatic heterocycles. The summed E-state index contributed by atoms with van der Waals surface area (Å²) in [6.07, 6.45) is 2.43. The van der Waals surface area contributed by atoms with Crippen LogP contribution in [0, 0.1) is 37.0 Å². The van der Waals surface area contributed by atoms with Crippen LogP contribution in [0.3, 0.4) is 0 Å². The van der Waals surface area contributed by atoms with Crippen molar-refractivity contribution in [2.45, 2.75) is 53.5 Å². The molecule has 3 fully saturated rings. The van der Waals surface area contributed by atoms with Crippen molar-refractivity contribution in [2.75, 3.05) is 0 Å². The molecular weight excluding hydrogens is 298 g/mol. The second-order valence-electron chi connectivity index (χ2n) is 8.55. The number of hydrogen-bond donors (Lipinski definition) is 2. The normalized spacial score (nSPS) is 30.9. The molecule has 3 aliphatic rings. The minimum Gasteiger partial charge on any atom is -0.348 e. The number of amides is 1. The Balaban J connectivity index is 1.53. The van der Waals surface area contributed by atoms with E-state index in [0.29, 0.717) is 17.0 Å². The summed E-state index contributed by atoms with van der Waals surface area (Å²) in [5.74, 6) is 2.02. The zero-order valence-electron chi connectivity index (χ0n) is 15.2. The lowest BCUT2D eigenvalue weighted by atomic mass is 9.45. The van der Waals surface area contributed by atoms with Crippen LogP contribution in [0.5, 0.6) is 0 Å². The van der Waals surface area contributed by atoms with E-state index in [1.54, 1.807) is 0 Å². The molecule has 3 aliphatic carbocycles. The summed E-state index contributed by atoms with van der Waals surface area (Å²) < 4.78 is 0. The molecular formula is C20H27N3O. The first-order valence-electron chi connectivity index (χ1n) is 9.05. The Bertz CT molecular complexity index is 781. The monoisotopic (exact) mass is 325 g/mol. The predicted molar refractivity (Wildman–Crippen MR) is 96.0 cm³/mol. The Labute approximate surface area is 143 Å². The third kappa shape index (κ3) is 2.19. The van der Waals surface area contributed by atoms with Crippen molar-refractivity contribution in [1.82, 2.24) is 15.3 Å². The van der Waals surface area contributed by atoms with Crippen molar-refractivity contribution in [3.8, 4) is 0 Å². The first-order valence-corrected chi connectivity index (χ1v) is 9.05. The van der Waals surface area contributed by atoms with E-state index < -0.39 is 0 Å². The molecule has 1 amide bonds. The van der Waals surface area contributed by atoms with Gasteiger partial charge in [0, 0.05) is 17.1 Å². The van der Waals surface area contributed by atoms with Gasteiger partial charge >= 0.3 is 0 Å². The molecule has 2 aromatic rings. The lowest BCUT2D eigenvalue weighted by Gasteiger charge is -2.62. The highest BCUT2D eigenvalue weighted by Gasteiger charge is 2.56. The lowest BCUT2D eigenvalue weighted by molar-refractivity contribution is -0.113. The lowest BCUT2D eigenvalue weighted by Crippen LogP contribution is -2.60. The Kier molecular flexibility index (Phi) is 3.32. The van der Waals surface area contributed by atoms with Crippen LogP contribution in [0.15, 0.2) is 12.1 Å². The predicted octanol–water partition coefficient (Wildman–Crippen LogP) is 3.98. The Morgan fingerprint density at radius 1 is 1.29 bits per heavy atom. The van der Waals surface area contributed by atoms with Crippen LogP contribution in [-0.4, -0.2) is 21.9 Å². The minimum atomic E-state index is -0.000683. The molecule has 0 radical (unpaired) electrons. The van der Waals surface area contributed by atoms with Gasteiger partial charge in [-0.1, -0.05) is 20.8 Å². The zero-order chi connectivity index (χ0) is 17.2. The van der Waals surface area contributed by atoms with Crippen molar-refractivity contribution in [3.05, 3.63) is 29.1 Å². The fourth-order valence-electron chi connectivity index (χ4n) is 4.96. The van der Waals surface area contributed by atoms with Gasteiger partial charge in [-0.25, -0.2) is 4.98 Å². The molecule has 3 saturated carbocycles. The van der Waals surface area contributed by atoms with Crippen LogP contribution in [0.2, 0.25) is 0 Å². The molecule has 24 heavy (non-hydrogen) atoms. The van der Waals surface area contributed by atoms with Crippen LogP contribution < -0.4 is 5.32 Å². The molecule has 0 saturated heterocycles. The van der Waals surface area contributed by atoms with Gasteiger partial charge in [0.25, 0.3) is 5.91 Å². The van der Waals surface area contributed by atoms with E-state index in [1.807, 2.05) is 19.9 Å². The number of fused-ring (bicyclic) bond motifs is 3. The van der Waals surface area contributed by atoms with E-state index in [4.69, 9.17) is 0 Å². The standard InChI is InChI=1S/C20H27N3O/c1-10-6-13-7-17(22-18(13)21-12(10)3)19(24)23-16-9-14-8-15(11(16)2)20(14,4)5/h6-7,11,14-16H,8-9H2,1-5H3,(H,21,22)(H,23,24)/t11-,14+,15-,16-/m0/s1. The highest BCUT2D eigenvalue weighted by molar-refractivity contribution is 5.97. The maximum absolute atomic E-state index is 12.7. The van der Waals surface area contributed by atoms with E-state index in [-0.39, 0.29) is 11.9 Å². The first-order chi connectivity index (χ1) is 11.3. The maximum Gasteiger partial charge on any atom is 0.267 e. The topological polar surface area (TPSA) is 57.8 Å². The van der Waals surface area contributed by atoms with Gasteiger partial charge in [-0.2, -0.15) is 0 Å². The molecule has 4 atom stereocenters. The fraction of sp³-hybridized carbons (Fsp3) is 0.600. The molecule has 128 valence electrons. The Morgan fingerprint density at radius 3 is 2.71 bits per heavy atom. The molecule has 4 heteroatoms. The summed E-state index contributed by atoms with van der Waals surface area (Å²) in [6.45, 7) is 11.1. The third-order valence-corrected chi connectivity index (χ3v) is 6.96. The van der Waals surface area contributed by atoms with Crippen molar-refractivity contribution in [3.63, 3.8) is 0 Å². The SMILES string of the molecule is Cc1cc2cc(C(=O)N[C@H]3C[C@H]4C[C@@H]([C@@H]3C)C4(C)C)[nH]c2nc1C. The Morgan fingerprint density at radius 2 is 2.04 bits per heavy atom. The summed E-state index contributed by atoms with van der Waals surface area (Å²) in [5, 5.41) is 4.28. The quantitative estimate of drug-likeness (QED) is 0.877. The van der Waals surface area contributed by atoms with Gasteiger partial charge < -0.3 is 10.3 Å². The maximum atomic E-state index is 12.7. The van der Waals surface area contributed by atoms with Gasteiger partial charge in [0.2, 0.25) is 0 Å². The largest absolute Gasteiger partial charge is 0.348 e. The van der Waals surface area contributed by atoms with E-state index in [2.05, 4.69) is 42.1 Å². The smallest absolute Gasteiger partial charge is 0.267 e. The van der Waals surface area contributed by atoms with E-state index in [0.717, 1.165) is 40.5 Å². The van der Waals surface area contributed by atoms with Crippen LogP contribution in [0.4, 0.5) is 0 Å². The summed E-state index contributed by atoms with van der Waals surface area (Å²) in [7, 11) is 0. The molecule has 2 bridgehead atoms. The average molecular weight is 325 g/mol. The number of aromatic amines is 1. The number of nitrogens with one attached hydrogen (secondary N) is 2. The fourth-order valence-corrected chi connectivity index (χ4v) is 4.96. The van der Waals surface area contributed by atoms with Crippen molar-refractivity contribution in [2.24, 2.45) is 23.2 Å². The number of H-pyrrole nitrogens is 1. The van der Waals surface area contributed by atoms with Crippen molar-refractivity contribution >= 4 is 16.9 Å². The van der Waals surface area contributed by atoms with Gasteiger partial charge in [-0.3, -0.25) is 4.79 Å². The van der Waals surface area contributed by atoms with Gasteiger partial charge in [0.1, 0.15) is 11.3 Å². The van der Waals surface area contributed by atoms with Gasteiger partial charge in [-0.05, 0) is 67.6 Å². The zero-order valence-corrected chi connectivity index (χ0v) is 15.2. The summed E-state index contributed by atoms with van der Waals surface area (Å²) >= 11 is 0. The van der Waals surface area contributed by atoms with Crippen LogP contribution in [0.1, 0.15) is 55.4 Å². The van der Waals surface area contributed by atoms with Crippen LogP contribution >= 0.6 is 0 Å². The number of aromatic nitrogens is 2. The second kappa shape index (κ2) is 5.08. The molecule has 5 rings (SSSR count). The van der Waals surface area contributed by atoms with Gasteiger partial charge in [0.15, 0.2) is 0 Å². The number of nitrogens with zero attached hydrogens (tertiary/aromatic N) is 1. The number of rotatable bonds is 2. The number of carbonyl (C=O) groups excluding carboxylic acids is 1. The van der Waals surface area contributed by atoms with Gasteiger partial charge in [-0.15, -0.1) is 0 Å². The van der Waals surface area contributed by atoms with Gasteiger partial charge in [0.05, 0.1) is 0 Å². The molecule has 0 aromatic carbocycles. The molecule has 2 heterocycles. The molecule has 2 aromatic heterocycles. The number of pyridine rings is 1. The van der Waals surface area contributed by atoms with Crippen LogP contribution in [0.25, 0.3) is 11.0 Å². The third-order valence-electron chi connectivity index (χ3n) is 6.96. The molecule has 4 nitrogen and oxygen atoms in total. The van der Waals surface area contributed by atoms with E-state index in [9.17, 15) is 4.79 Å². The first kappa shape index (κ1) is 15.7. The van der Waals surface area contributed by atoms with E-state index >= 15 is 0 Å².